The molecule has 2 fully saturated rings. The number of carbonyl (C=O) groups excluding carboxylic acids is 2. The predicted molar refractivity (Wildman–Crippen MR) is 113 cm³/mol. The van der Waals surface area contributed by atoms with E-state index < -0.39 is 41.6 Å². The monoisotopic (exact) mass is 478 g/mol. The number of hydrogen-bond acceptors (Lipinski definition) is 5. The van der Waals surface area contributed by atoms with Crippen molar-refractivity contribution in [1.82, 2.24) is 0 Å². The Morgan fingerprint density at radius 3 is 2.34 bits per heavy atom. The van der Waals surface area contributed by atoms with E-state index in [4.69, 9.17) is 16.4 Å². The van der Waals surface area contributed by atoms with Gasteiger partial charge in [-0.3, -0.25) is 14.4 Å². The highest BCUT2D eigenvalue weighted by Gasteiger charge is 2.60. The van der Waals surface area contributed by atoms with E-state index in [0.717, 1.165) is 21.9 Å². The van der Waals surface area contributed by atoms with Crippen molar-refractivity contribution in [2.75, 3.05) is 9.96 Å². The average Bonchev–Trinajstić information content (AvgIpc) is 3.46. The van der Waals surface area contributed by atoms with Gasteiger partial charge in [-0.1, -0.05) is 23.7 Å². The van der Waals surface area contributed by atoms with Crippen LogP contribution in [0.3, 0.4) is 0 Å². The smallest absolute Gasteiger partial charge is 0.273 e. The van der Waals surface area contributed by atoms with Crippen molar-refractivity contribution in [1.29, 1.82) is 0 Å². The van der Waals surface area contributed by atoms with Gasteiger partial charge in [-0.05, 0) is 53.9 Å². The maximum Gasteiger partial charge on any atom is 0.416 e. The molecular weight excluding hydrogens is 465 g/mol. The van der Waals surface area contributed by atoms with Gasteiger partial charge in [-0.2, -0.15) is 13.2 Å². The lowest BCUT2D eigenvalue weighted by Gasteiger charge is -2.28. The number of amides is 2. The number of anilines is 2. The van der Waals surface area contributed by atoms with Gasteiger partial charge in [0.15, 0.2) is 6.10 Å². The highest BCUT2D eigenvalue weighted by atomic mass is 35.5. The molecule has 32 heavy (non-hydrogen) atoms. The van der Waals surface area contributed by atoms with Crippen molar-refractivity contribution >= 4 is 46.1 Å². The summed E-state index contributed by atoms with van der Waals surface area (Å²) in [4.78, 5) is 34.1. The Hall–Kier alpha value is -2.88. The first-order valence-corrected chi connectivity index (χ1v) is 10.8. The first-order chi connectivity index (χ1) is 15.3. The van der Waals surface area contributed by atoms with E-state index in [1.54, 1.807) is 24.3 Å². The molecule has 0 radical (unpaired) electrons. The maximum atomic E-state index is 13.4. The van der Waals surface area contributed by atoms with Crippen molar-refractivity contribution in [3.63, 3.8) is 0 Å². The third-order valence-electron chi connectivity index (χ3n) is 5.46. The third-order valence-corrected chi connectivity index (χ3v) is 6.66. The van der Waals surface area contributed by atoms with E-state index in [9.17, 15) is 22.8 Å². The quantitative estimate of drug-likeness (QED) is 0.468. The normalized spacial score (nSPS) is 23.2. The van der Waals surface area contributed by atoms with E-state index in [1.807, 2.05) is 17.5 Å². The molecule has 5 rings (SSSR count). The topological polar surface area (TPSA) is 49.9 Å². The highest BCUT2D eigenvalue weighted by molar-refractivity contribution is 7.10. The lowest BCUT2D eigenvalue weighted by atomic mass is 9.95. The largest absolute Gasteiger partial charge is 0.416 e. The number of hydrogen-bond donors (Lipinski definition) is 0. The molecule has 3 heterocycles. The van der Waals surface area contributed by atoms with Gasteiger partial charge in [0.05, 0.1) is 16.9 Å². The second-order valence-electron chi connectivity index (χ2n) is 7.37. The number of thiophene rings is 1. The molecule has 0 bridgehead atoms. The minimum absolute atomic E-state index is 0.129. The van der Waals surface area contributed by atoms with Crippen LogP contribution in [-0.2, 0) is 20.6 Å². The maximum absolute atomic E-state index is 13.4. The van der Waals surface area contributed by atoms with Gasteiger partial charge in [-0.25, -0.2) is 9.96 Å². The van der Waals surface area contributed by atoms with Gasteiger partial charge in [0.25, 0.3) is 5.91 Å². The molecule has 10 heteroatoms. The Labute approximate surface area is 189 Å². The van der Waals surface area contributed by atoms with Gasteiger partial charge in [0, 0.05) is 9.90 Å². The van der Waals surface area contributed by atoms with Crippen LogP contribution in [0.5, 0.6) is 0 Å². The SMILES string of the molecule is O=C1[C@H]2[C@H](ON(c3ccc(Cl)cc3)[C@@H]2c2cccs2)C(=O)N1c1cccc(C(F)(F)F)c1. The predicted octanol–water partition coefficient (Wildman–Crippen LogP) is 5.47. The third kappa shape index (κ3) is 3.37. The van der Waals surface area contributed by atoms with Gasteiger partial charge in [0.1, 0.15) is 12.0 Å². The lowest BCUT2D eigenvalue weighted by Crippen LogP contribution is -2.37. The molecule has 2 aliphatic rings. The van der Waals surface area contributed by atoms with E-state index >= 15 is 0 Å². The van der Waals surface area contributed by atoms with Crippen molar-refractivity contribution in [2.45, 2.75) is 18.3 Å². The molecule has 0 N–H and O–H groups in total. The van der Waals surface area contributed by atoms with Crippen molar-refractivity contribution in [3.8, 4) is 0 Å². The fraction of sp³-hybridized carbons (Fsp3) is 0.182. The van der Waals surface area contributed by atoms with E-state index in [2.05, 4.69) is 0 Å². The summed E-state index contributed by atoms with van der Waals surface area (Å²) in [5.74, 6) is -2.21. The molecule has 0 spiro atoms. The summed E-state index contributed by atoms with van der Waals surface area (Å²) >= 11 is 7.37. The number of halogens is 4. The highest BCUT2D eigenvalue weighted by Crippen LogP contribution is 2.49. The van der Waals surface area contributed by atoms with E-state index in [-0.39, 0.29) is 5.69 Å². The van der Waals surface area contributed by atoms with Crippen LogP contribution < -0.4 is 9.96 Å². The number of alkyl halides is 3. The second-order valence-corrected chi connectivity index (χ2v) is 8.79. The Bertz CT molecular complexity index is 1180. The zero-order valence-electron chi connectivity index (χ0n) is 16.1. The molecule has 3 atom stereocenters. The molecule has 0 unspecified atom stereocenters. The molecule has 2 aliphatic heterocycles. The summed E-state index contributed by atoms with van der Waals surface area (Å²) < 4.78 is 39.5. The van der Waals surface area contributed by atoms with Gasteiger partial charge in [-0.15, -0.1) is 11.3 Å². The Morgan fingerprint density at radius 1 is 0.938 bits per heavy atom. The van der Waals surface area contributed by atoms with Crippen molar-refractivity contribution < 1.29 is 27.6 Å². The number of benzene rings is 2. The molecule has 164 valence electrons. The first-order valence-electron chi connectivity index (χ1n) is 9.56. The molecule has 2 amide bonds. The molecule has 0 aliphatic carbocycles. The van der Waals surface area contributed by atoms with Crippen LogP contribution in [0, 0.1) is 5.92 Å². The van der Waals surface area contributed by atoms with Crippen molar-refractivity contribution in [3.05, 3.63) is 81.5 Å². The lowest BCUT2D eigenvalue weighted by molar-refractivity contribution is -0.137. The molecular formula is C22H14ClF3N2O3S. The molecule has 5 nitrogen and oxygen atoms in total. The summed E-state index contributed by atoms with van der Waals surface area (Å²) in [6.45, 7) is 0. The number of imide groups is 1. The van der Waals surface area contributed by atoms with Gasteiger partial charge in [0.2, 0.25) is 5.91 Å². The number of hydroxylamine groups is 1. The number of fused-ring (bicyclic) bond motifs is 1. The van der Waals surface area contributed by atoms with Crippen LogP contribution in [0.2, 0.25) is 5.02 Å². The molecule has 2 aromatic carbocycles. The fourth-order valence-corrected chi connectivity index (χ4v) is 5.03. The first kappa shape index (κ1) is 21.0. The minimum Gasteiger partial charge on any atom is -0.273 e. The van der Waals surface area contributed by atoms with Crippen LogP contribution >= 0.6 is 22.9 Å². The number of nitrogens with zero attached hydrogens (tertiary/aromatic N) is 2. The number of rotatable bonds is 3. The van der Waals surface area contributed by atoms with Crippen molar-refractivity contribution in [2.24, 2.45) is 5.92 Å². The fourth-order valence-electron chi connectivity index (χ4n) is 4.05. The van der Waals surface area contributed by atoms with E-state index in [1.165, 1.54) is 28.5 Å². The zero-order chi connectivity index (χ0) is 22.6. The number of carbonyl (C=O) groups is 2. The summed E-state index contributed by atoms with van der Waals surface area (Å²) in [5.41, 5.74) is -0.463. The van der Waals surface area contributed by atoms with Gasteiger partial charge >= 0.3 is 6.18 Å². The minimum atomic E-state index is -4.60. The van der Waals surface area contributed by atoms with Crippen LogP contribution in [0.4, 0.5) is 24.5 Å². The summed E-state index contributed by atoms with van der Waals surface area (Å²) in [5, 5.41) is 3.87. The van der Waals surface area contributed by atoms with Crippen LogP contribution in [-0.4, -0.2) is 17.9 Å². The summed E-state index contributed by atoms with van der Waals surface area (Å²) in [6.07, 6.45) is -5.75. The second kappa shape index (κ2) is 7.61. The molecule has 0 saturated carbocycles. The summed E-state index contributed by atoms with van der Waals surface area (Å²) in [7, 11) is 0. The Balaban J connectivity index is 1.54. The van der Waals surface area contributed by atoms with Gasteiger partial charge < -0.3 is 0 Å². The summed E-state index contributed by atoms with van der Waals surface area (Å²) in [6, 6.07) is 14.0. The zero-order valence-corrected chi connectivity index (χ0v) is 17.7. The average molecular weight is 479 g/mol. The Kier molecular flexibility index (Phi) is 4.99. The van der Waals surface area contributed by atoms with E-state index in [0.29, 0.717) is 10.7 Å². The molecule has 1 aromatic heterocycles. The van der Waals surface area contributed by atoms with Crippen LogP contribution in [0.1, 0.15) is 16.5 Å². The molecule has 3 aromatic rings. The van der Waals surface area contributed by atoms with Crippen LogP contribution in [0.25, 0.3) is 0 Å². The molecule has 2 saturated heterocycles. The Morgan fingerprint density at radius 2 is 1.69 bits per heavy atom. The van der Waals surface area contributed by atoms with Crippen LogP contribution in [0.15, 0.2) is 66.0 Å². The standard InChI is InChI=1S/C22H14ClF3N2O3S/c23-13-6-8-14(9-7-13)28-18(16-5-2-10-32-16)17-19(31-28)21(30)27(20(17)29)15-4-1-3-12(11-15)22(24,25)26/h1-11,17-19H/t17-,18-,19+/m1/s1.